The van der Waals surface area contributed by atoms with E-state index in [1.165, 1.54) is 11.1 Å². The van der Waals surface area contributed by atoms with Crippen LogP contribution in [0.25, 0.3) is 16.9 Å². The molecule has 4 heteroatoms. The molecule has 0 spiro atoms. The van der Waals surface area contributed by atoms with Gasteiger partial charge in [-0.25, -0.2) is 4.98 Å². The lowest BCUT2D eigenvalue weighted by molar-refractivity contribution is -0.116. The van der Waals surface area contributed by atoms with Gasteiger partial charge < -0.3 is 9.72 Å². The van der Waals surface area contributed by atoms with Crippen LogP contribution in [0.5, 0.6) is 0 Å². The molecule has 0 aliphatic carbocycles. The van der Waals surface area contributed by atoms with E-state index >= 15 is 0 Å². The fourth-order valence-corrected chi connectivity index (χ4v) is 3.11. The van der Waals surface area contributed by atoms with Crippen LogP contribution in [0.15, 0.2) is 79.1 Å². The van der Waals surface area contributed by atoms with E-state index in [-0.39, 0.29) is 5.91 Å². The highest BCUT2D eigenvalue weighted by Gasteiger charge is 2.07. The predicted molar refractivity (Wildman–Crippen MR) is 109 cm³/mol. The zero-order valence-electron chi connectivity index (χ0n) is 15.2. The minimum absolute atomic E-state index is 0.0154. The van der Waals surface area contributed by atoms with Crippen LogP contribution in [-0.2, 0) is 11.2 Å². The maximum absolute atomic E-state index is 12.3. The van der Waals surface area contributed by atoms with Crippen LogP contribution in [0.4, 0.5) is 5.69 Å². The van der Waals surface area contributed by atoms with Gasteiger partial charge in [0.25, 0.3) is 0 Å². The smallest absolute Gasteiger partial charge is 0.224 e. The molecule has 0 aliphatic rings. The second-order valence-electron chi connectivity index (χ2n) is 6.71. The zero-order chi connectivity index (χ0) is 18.6. The molecule has 0 radical (unpaired) electrons. The van der Waals surface area contributed by atoms with E-state index in [9.17, 15) is 4.79 Å². The molecule has 134 valence electrons. The van der Waals surface area contributed by atoms with Crippen molar-refractivity contribution in [1.82, 2.24) is 9.38 Å². The summed E-state index contributed by atoms with van der Waals surface area (Å²) in [6.07, 6.45) is 5.21. The second kappa shape index (κ2) is 7.46. The monoisotopic (exact) mass is 355 g/mol. The molecule has 4 nitrogen and oxygen atoms in total. The Balaban J connectivity index is 1.47. The molecule has 0 atom stereocenters. The lowest BCUT2D eigenvalue weighted by atomic mass is 10.1. The third-order valence-corrected chi connectivity index (χ3v) is 4.54. The van der Waals surface area contributed by atoms with E-state index in [4.69, 9.17) is 4.98 Å². The van der Waals surface area contributed by atoms with Gasteiger partial charge in [0, 0.05) is 30.1 Å². The van der Waals surface area contributed by atoms with Crippen molar-refractivity contribution < 1.29 is 4.79 Å². The number of benzene rings is 2. The van der Waals surface area contributed by atoms with E-state index in [0.29, 0.717) is 6.42 Å². The molecule has 0 saturated heterocycles. The van der Waals surface area contributed by atoms with Gasteiger partial charge >= 0.3 is 0 Å². The molecule has 0 bridgehead atoms. The first-order chi connectivity index (χ1) is 13.2. The van der Waals surface area contributed by atoms with Gasteiger partial charge in [0.1, 0.15) is 5.65 Å². The first kappa shape index (κ1) is 17.0. The summed E-state index contributed by atoms with van der Waals surface area (Å²) in [5.41, 5.74) is 5.93. The number of rotatable bonds is 5. The first-order valence-corrected chi connectivity index (χ1v) is 9.07. The quantitative estimate of drug-likeness (QED) is 0.554. The summed E-state index contributed by atoms with van der Waals surface area (Å²) in [7, 11) is 0. The summed E-state index contributed by atoms with van der Waals surface area (Å²) < 4.78 is 2.01. The molecular weight excluding hydrogens is 334 g/mol. The molecule has 0 unspecified atom stereocenters. The van der Waals surface area contributed by atoms with Crippen molar-refractivity contribution in [2.45, 2.75) is 19.8 Å². The van der Waals surface area contributed by atoms with Crippen molar-refractivity contribution in [2.75, 3.05) is 5.32 Å². The summed E-state index contributed by atoms with van der Waals surface area (Å²) in [6.45, 7) is 2.06. The number of nitrogens with zero attached hydrogens (tertiary/aromatic N) is 2. The molecular formula is C23H21N3O. The fourth-order valence-electron chi connectivity index (χ4n) is 3.11. The van der Waals surface area contributed by atoms with Crippen LogP contribution >= 0.6 is 0 Å². The highest BCUT2D eigenvalue weighted by Crippen LogP contribution is 2.23. The topological polar surface area (TPSA) is 46.4 Å². The lowest BCUT2D eigenvalue weighted by Crippen LogP contribution is -2.12. The third kappa shape index (κ3) is 4.06. The van der Waals surface area contributed by atoms with E-state index in [1.807, 2.05) is 71.4 Å². The van der Waals surface area contributed by atoms with Crippen molar-refractivity contribution in [3.8, 4) is 11.3 Å². The van der Waals surface area contributed by atoms with Crippen LogP contribution in [0.3, 0.4) is 0 Å². The van der Waals surface area contributed by atoms with Crippen molar-refractivity contribution in [2.24, 2.45) is 0 Å². The molecule has 2 aromatic heterocycles. The molecule has 27 heavy (non-hydrogen) atoms. The first-order valence-electron chi connectivity index (χ1n) is 9.07. The number of imidazole rings is 1. The number of aryl methyl sites for hydroxylation is 2. The Kier molecular flexibility index (Phi) is 4.71. The number of pyridine rings is 1. The Morgan fingerprint density at radius 3 is 2.74 bits per heavy atom. The van der Waals surface area contributed by atoms with Crippen LogP contribution < -0.4 is 5.32 Å². The minimum atomic E-state index is 0.0154. The number of carbonyl (C=O) groups is 1. The number of amides is 1. The van der Waals surface area contributed by atoms with E-state index in [1.54, 1.807) is 0 Å². The summed E-state index contributed by atoms with van der Waals surface area (Å²) in [4.78, 5) is 17.0. The number of nitrogens with one attached hydrogen (secondary N) is 1. The highest BCUT2D eigenvalue weighted by atomic mass is 16.1. The SMILES string of the molecule is Cc1ccn2cc(-c3cccc(NC(=O)CCc4ccccc4)c3)nc2c1. The van der Waals surface area contributed by atoms with Gasteiger partial charge in [0.05, 0.1) is 5.69 Å². The molecule has 0 saturated carbocycles. The van der Waals surface area contributed by atoms with Gasteiger partial charge in [0.15, 0.2) is 0 Å². The molecule has 0 aliphatic heterocycles. The second-order valence-corrected chi connectivity index (χ2v) is 6.71. The maximum atomic E-state index is 12.3. The number of aromatic nitrogens is 2. The molecule has 4 aromatic rings. The Morgan fingerprint density at radius 1 is 1.04 bits per heavy atom. The standard InChI is InChI=1S/C23H21N3O/c1-17-12-13-26-16-21(25-22(26)14-17)19-8-5-9-20(15-19)24-23(27)11-10-18-6-3-2-4-7-18/h2-9,12-16H,10-11H2,1H3,(H,24,27). The summed E-state index contributed by atoms with van der Waals surface area (Å²) in [5, 5.41) is 2.99. The predicted octanol–water partition coefficient (Wildman–Crippen LogP) is 4.88. The van der Waals surface area contributed by atoms with Gasteiger partial charge in [-0.1, -0.05) is 42.5 Å². The molecule has 2 heterocycles. The molecule has 1 amide bonds. The van der Waals surface area contributed by atoms with Crippen molar-refractivity contribution >= 4 is 17.2 Å². The summed E-state index contributed by atoms with van der Waals surface area (Å²) in [6, 6.07) is 22.0. The van der Waals surface area contributed by atoms with Crippen LogP contribution in [0.1, 0.15) is 17.5 Å². The Morgan fingerprint density at radius 2 is 1.89 bits per heavy atom. The Hall–Kier alpha value is -3.40. The van der Waals surface area contributed by atoms with Gasteiger partial charge in [-0.15, -0.1) is 0 Å². The molecule has 2 aromatic carbocycles. The number of hydrogen-bond acceptors (Lipinski definition) is 2. The van der Waals surface area contributed by atoms with E-state index in [2.05, 4.69) is 24.4 Å². The Labute approximate surface area is 158 Å². The Bertz CT molecular complexity index is 1080. The summed E-state index contributed by atoms with van der Waals surface area (Å²) >= 11 is 0. The van der Waals surface area contributed by atoms with Gasteiger partial charge in [-0.05, 0) is 48.7 Å². The van der Waals surface area contributed by atoms with Crippen LogP contribution in [0, 0.1) is 6.92 Å². The number of anilines is 1. The third-order valence-electron chi connectivity index (χ3n) is 4.54. The number of fused-ring (bicyclic) bond motifs is 1. The lowest BCUT2D eigenvalue weighted by Gasteiger charge is -2.07. The van der Waals surface area contributed by atoms with Gasteiger partial charge in [-0.3, -0.25) is 4.79 Å². The largest absolute Gasteiger partial charge is 0.326 e. The number of hydrogen-bond donors (Lipinski definition) is 1. The highest BCUT2D eigenvalue weighted by molar-refractivity contribution is 5.91. The minimum Gasteiger partial charge on any atom is -0.326 e. The van der Waals surface area contributed by atoms with E-state index in [0.717, 1.165) is 29.0 Å². The molecule has 0 fully saturated rings. The zero-order valence-corrected chi connectivity index (χ0v) is 15.2. The average Bonchev–Trinajstić information content (AvgIpc) is 3.11. The molecule has 4 rings (SSSR count). The van der Waals surface area contributed by atoms with Crippen LogP contribution in [-0.4, -0.2) is 15.3 Å². The van der Waals surface area contributed by atoms with E-state index < -0.39 is 0 Å². The van der Waals surface area contributed by atoms with Crippen molar-refractivity contribution in [3.05, 3.63) is 90.3 Å². The van der Waals surface area contributed by atoms with Gasteiger partial charge in [-0.2, -0.15) is 0 Å². The average molecular weight is 355 g/mol. The van der Waals surface area contributed by atoms with Gasteiger partial charge in [0.2, 0.25) is 5.91 Å². The maximum Gasteiger partial charge on any atom is 0.224 e. The fraction of sp³-hybridized carbons (Fsp3) is 0.130. The van der Waals surface area contributed by atoms with Crippen LogP contribution in [0.2, 0.25) is 0 Å². The normalized spacial score (nSPS) is 10.9. The van der Waals surface area contributed by atoms with Crippen molar-refractivity contribution in [3.63, 3.8) is 0 Å². The number of carbonyl (C=O) groups excluding carboxylic acids is 1. The molecule has 1 N–H and O–H groups in total. The van der Waals surface area contributed by atoms with Crippen molar-refractivity contribution in [1.29, 1.82) is 0 Å². The summed E-state index contributed by atoms with van der Waals surface area (Å²) in [5.74, 6) is 0.0154.